The van der Waals surface area contributed by atoms with Crippen LogP contribution in [0.4, 0.5) is 21.6 Å². The average Bonchev–Trinajstić information content (AvgIpc) is 3.74. The van der Waals surface area contributed by atoms with Gasteiger partial charge in [-0.1, -0.05) is 44.5 Å². The second-order valence-electron chi connectivity index (χ2n) is 8.73. The number of amides is 1. The molecule has 0 saturated heterocycles. The fourth-order valence-electron chi connectivity index (χ4n) is 3.83. The Kier molecular flexibility index (Phi) is 10.7. The van der Waals surface area contributed by atoms with Gasteiger partial charge >= 0.3 is 0 Å². The molecule has 11 heteroatoms. The lowest BCUT2D eigenvalue weighted by Crippen LogP contribution is -2.32. The minimum absolute atomic E-state index is 0.0429. The number of pyridine rings is 1. The minimum Gasteiger partial charge on any atom is -0.454 e. The van der Waals surface area contributed by atoms with Crippen LogP contribution >= 0.6 is 23.7 Å². The van der Waals surface area contributed by atoms with Crippen LogP contribution in [0.2, 0.25) is 5.02 Å². The van der Waals surface area contributed by atoms with E-state index in [2.05, 4.69) is 20.1 Å². The Morgan fingerprint density at radius 3 is 2.54 bits per heavy atom. The van der Waals surface area contributed by atoms with Crippen molar-refractivity contribution in [1.82, 2.24) is 14.6 Å². The minimum atomic E-state index is -0.508. The molecule has 0 spiro atoms. The maximum atomic E-state index is 14.8. The van der Waals surface area contributed by atoms with Crippen molar-refractivity contribution in [3.63, 3.8) is 0 Å². The van der Waals surface area contributed by atoms with Crippen LogP contribution in [0.15, 0.2) is 41.2 Å². The molecule has 1 aromatic heterocycles. The van der Waals surface area contributed by atoms with Crippen molar-refractivity contribution in [2.75, 3.05) is 17.1 Å². The second kappa shape index (κ2) is 13.7. The highest BCUT2D eigenvalue weighted by Gasteiger charge is 2.31. The molecule has 0 bridgehead atoms. The van der Waals surface area contributed by atoms with Crippen molar-refractivity contribution in [3.8, 4) is 11.5 Å². The van der Waals surface area contributed by atoms with Crippen molar-refractivity contribution < 1.29 is 13.9 Å². The first-order chi connectivity index (χ1) is 18.7. The van der Waals surface area contributed by atoms with Gasteiger partial charge in [0.15, 0.2) is 5.75 Å². The van der Waals surface area contributed by atoms with Crippen molar-refractivity contribution in [1.29, 1.82) is 0 Å². The number of carbonyl (C=O) groups excluding carboxylic acids is 1. The van der Waals surface area contributed by atoms with Gasteiger partial charge in [-0.2, -0.15) is 0 Å². The number of benzene rings is 2. The van der Waals surface area contributed by atoms with Crippen molar-refractivity contribution in [2.45, 2.75) is 53.0 Å². The summed E-state index contributed by atoms with van der Waals surface area (Å²) in [5.41, 5.74) is 1.50. The van der Waals surface area contributed by atoms with Gasteiger partial charge in [0, 0.05) is 25.2 Å². The van der Waals surface area contributed by atoms with E-state index in [1.54, 1.807) is 51.4 Å². The highest BCUT2D eigenvalue weighted by atomic mass is 35.5. The summed E-state index contributed by atoms with van der Waals surface area (Å²) in [7, 11) is 3.30. The number of carbonyl (C=O) groups is 1. The molecule has 0 aliphatic heterocycles. The first-order valence-corrected chi connectivity index (χ1v) is 14.1. The van der Waals surface area contributed by atoms with Crippen LogP contribution in [0.5, 0.6) is 11.5 Å². The monoisotopic (exact) mass is 575 g/mol. The predicted octanol–water partition coefficient (Wildman–Crippen LogP) is 6.70. The third kappa shape index (κ3) is 7.06. The standard InChI is InChI=1S/C26H29ClFN5O3S.C2H6/c1-5-16-23(36-20-8-6-7-19(22(20)27)32-37-29-3)21(25(34)30-15-10-11-15)24(33(4)26(16)35)31-18-12-9-14(2)13-17(18)28;1-2/h6-9,12-13,15,29,31-32H,5,10-11H2,1-4H3,(H,30,34);1-2H3. The molecular formula is C28H35ClFN5O3S. The molecule has 0 unspecified atom stereocenters. The van der Waals surface area contributed by atoms with Gasteiger partial charge in [-0.05, 0) is 63.1 Å². The normalized spacial score (nSPS) is 12.3. The van der Waals surface area contributed by atoms with Crippen molar-refractivity contribution >= 4 is 46.8 Å². The van der Waals surface area contributed by atoms with Crippen LogP contribution in [0.25, 0.3) is 0 Å². The molecule has 3 aromatic rings. The molecule has 8 nitrogen and oxygen atoms in total. The highest BCUT2D eigenvalue weighted by Crippen LogP contribution is 2.40. The van der Waals surface area contributed by atoms with E-state index >= 15 is 0 Å². The second-order valence-corrected chi connectivity index (χ2v) is 9.93. The third-order valence-corrected chi connectivity index (χ3v) is 6.86. The van der Waals surface area contributed by atoms with Gasteiger partial charge in [0.2, 0.25) is 0 Å². The number of hydrogen-bond acceptors (Lipinski definition) is 7. The van der Waals surface area contributed by atoms with E-state index in [9.17, 15) is 14.0 Å². The fourth-order valence-corrected chi connectivity index (χ4v) is 4.48. The summed E-state index contributed by atoms with van der Waals surface area (Å²) in [6.45, 7) is 7.59. The topological polar surface area (TPSA) is 96.4 Å². The molecular weight excluding hydrogens is 541 g/mol. The van der Waals surface area contributed by atoms with Crippen LogP contribution < -0.4 is 30.4 Å². The van der Waals surface area contributed by atoms with Crippen molar-refractivity contribution in [3.05, 3.63) is 74.3 Å². The SMILES string of the molecule is CC.CCc1c(Oc2cccc(NSNC)c2Cl)c(C(=O)NC2CC2)c(Nc2ccc(C)cc2F)n(C)c1=O. The summed E-state index contributed by atoms with van der Waals surface area (Å²) in [5, 5.41) is 6.22. The van der Waals surface area contributed by atoms with Gasteiger partial charge in [-0.3, -0.25) is 14.2 Å². The Hall–Kier alpha value is -3.21. The number of ether oxygens (including phenoxy) is 1. The Morgan fingerprint density at radius 2 is 1.92 bits per heavy atom. The first kappa shape index (κ1) is 30.3. The van der Waals surface area contributed by atoms with Gasteiger partial charge in [-0.15, -0.1) is 0 Å². The summed E-state index contributed by atoms with van der Waals surface area (Å²) in [6.07, 6.45) is 2.04. The lowest BCUT2D eigenvalue weighted by Gasteiger charge is -2.22. The Balaban J connectivity index is 0.00000205. The summed E-state index contributed by atoms with van der Waals surface area (Å²) in [4.78, 5) is 27.0. The molecule has 4 N–H and O–H groups in total. The maximum Gasteiger partial charge on any atom is 0.259 e. The molecule has 4 rings (SSSR count). The van der Waals surface area contributed by atoms with E-state index in [-0.39, 0.29) is 45.2 Å². The highest BCUT2D eigenvalue weighted by molar-refractivity contribution is 7.98. The molecule has 2 aromatic carbocycles. The summed E-state index contributed by atoms with van der Waals surface area (Å²) >= 11 is 7.84. The molecule has 1 heterocycles. The molecule has 0 atom stereocenters. The number of nitrogens with zero attached hydrogens (tertiary/aromatic N) is 1. The quantitative estimate of drug-likeness (QED) is 0.200. The van der Waals surface area contributed by atoms with Crippen LogP contribution in [-0.2, 0) is 13.5 Å². The largest absolute Gasteiger partial charge is 0.454 e. The number of nitrogens with one attached hydrogen (secondary N) is 4. The Morgan fingerprint density at radius 1 is 1.21 bits per heavy atom. The van der Waals surface area contributed by atoms with E-state index in [0.717, 1.165) is 18.4 Å². The molecule has 1 aliphatic carbocycles. The third-order valence-electron chi connectivity index (χ3n) is 5.95. The van der Waals surface area contributed by atoms with Gasteiger partial charge < -0.3 is 20.1 Å². The van der Waals surface area contributed by atoms with Gasteiger partial charge in [0.1, 0.15) is 28.0 Å². The van der Waals surface area contributed by atoms with Gasteiger partial charge in [-0.25, -0.2) is 9.11 Å². The van der Waals surface area contributed by atoms with E-state index in [1.165, 1.54) is 22.8 Å². The smallest absolute Gasteiger partial charge is 0.259 e. The van der Waals surface area contributed by atoms with Crippen LogP contribution in [0, 0.1) is 12.7 Å². The summed E-state index contributed by atoms with van der Waals surface area (Å²) in [6, 6.07) is 9.91. The van der Waals surface area contributed by atoms with Gasteiger partial charge in [0.25, 0.3) is 11.5 Å². The average molecular weight is 576 g/mol. The summed E-state index contributed by atoms with van der Waals surface area (Å²) in [5.74, 6) is -0.464. The molecule has 39 heavy (non-hydrogen) atoms. The Bertz CT molecular complexity index is 1390. The van der Waals surface area contributed by atoms with E-state index in [4.69, 9.17) is 16.3 Å². The predicted molar refractivity (Wildman–Crippen MR) is 159 cm³/mol. The molecule has 0 radical (unpaired) electrons. The number of aromatic nitrogens is 1. The number of halogens is 2. The molecule has 1 aliphatic rings. The van der Waals surface area contributed by atoms with E-state index in [0.29, 0.717) is 17.7 Å². The van der Waals surface area contributed by atoms with Gasteiger partial charge in [0.05, 0.1) is 16.9 Å². The fraction of sp³-hybridized carbons (Fsp3) is 0.357. The molecule has 1 fully saturated rings. The van der Waals surface area contributed by atoms with Crippen molar-refractivity contribution in [2.24, 2.45) is 7.05 Å². The van der Waals surface area contributed by atoms with E-state index in [1.807, 2.05) is 20.8 Å². The maximum absolute atomic E-state index is 14.8. The molecule has 1 amide bonds. The van der Waals surface area contributed by atoms with Crippen LogP contribution in [0.3, 0.4) is 0 Å². The summed E-state index contributed by atoms with van der Waals surface area (Å²) < 4.78 is 28.3. The molecule has 1 saturated carbocycles. The number of hydrogen-bond donors (Lipinski definition) is 4. The van der Waals surface area contributed by atoms with Crippen LogP contribution in [0.1, 0.15) is 55.1 Å². The zero-order valence-corrected chi connectivity index (χ0v) is 24.6. The zero-order valence-electron chi connectivity index (χ0n) is 23.0. The van der Waals surface area contributed by atoms with Crippen LogP contribution in [-0.4, -0.2) is 23.6 Å². The zero-order chi connectivity index (χ0) is 28.7. The first-order valence-electron chi connectivity index (χ1n) is 12.9. The lowest BCUT2D eigenvalue weighted by atomic mass is 10.1. The number of aryl methyl sites for hydroxylation is 1. The number of anilines is 3. The molecule has 210 valence electrons. The Labute approximate surface area is 237 Å². The number of rotatable bonds is 10. The lowest BCUT2D eigenvalue weighted by molar-refractivity contribution is 0.0948. The van der Waals surface area contributed by atoms with E-state index < -0.39 is 11.7 Å².